The Kier molecular flexibility index (Phi) is 6.91. The molecule has 7 nitrogen and oxygen atoms in total. The van der Waals surface area contributed by atoms with Gasteiger partial charge in [-0.1, -0.05) is 18.2 Å². The normalized spacial score (nSPS) is 18.7. The Bertz CT molecular complexity index is 1020. The maximum atomic E-state index is 14.0. The lowest BCUT2D eigenvalue weighted by Gasteiger charge is -2.37. The minimum atomic E-state index is -2.82. The van der Waals surface area contributed by atoms with E-state index >= 15 is 0 Å². The van der Waals surface area contributed by atoms with Crippen molar-refractivity contribution >= 4 is 23.4 Å². The number of ether oxygens (including phenoxy) is 1. The zero-order valence-electron chi connectivity index (χ0n) is 16.3. The van der Waals surface area contributed by atoms with Gasteiger partial charge in [-0.2, -0.15) is 4.39 Å². The fourth-order valence-corrected chi connectivity index (χ4v) is 3.38. The third kappa shape index (κ3) is 5.20. The molecule has 11 heteroatoms. The number of nitrogens with zero attached hydrogens (tertiary/aromatic N) is 3. The first-order chi connectivity index (χ1) is 14.7. The zero-order valence-corrected chi connectivity index (χ0v) is 17.1. The number of alkyl halides is 2. The molecular weight excluding hydrogens is 437 g/mol. The molecule has 1 fully saturated rings. The Balaban J connectivity index is 2.00. The number of nitrogens with one attached hydrogen (secondary N) is 1. The van der Waals surface area contributed by atoms with Gasteiger partial charge in [-0.25, -0.2) is 18.7 Å². The molecule has 0 radical (unpaired) electrons. The highest BCUT2D eigenvalue weighted by atomic mass is 35.5. The quantitative estimate of drug-likeness (QED) is 0.554. The molecule has 1 N–H and O–H groups in total. The summed E-state index contributed by atoms with van der Waals surface area (Å²) in [6, 6.07) is 5.27. The summed E-state index contributed by atoms with van der Waals surface area (Å²) in [6.45, 7) is 3.09. The van der Waals surface area contributed by atoms with Gasteiger partial charge in [0.05, 0.1) is 18.8 Å². The number of carbonyl (C=O) groups is 2. The van der Waals surface area contributed by atoms with Gasteiger partial charge < -0.3 is 15.0 Å². The molecule has 3 rings (SSSR count). The van der Waals surface area contributed by atoms with Gasteiger partial charge in [0.2, 0.25) is 11.9 Å². The largest absolute Gasteiger partial charge is 0.361 e. The zero-order chi connectivity index (χ0) is 22.7. The summed E-state index contributed by atoms with van der Waals surface area (Å²) in [5, 5.41) is 2.34. The Hall–Kier alpha value is -2.98. The topological polar surface area (TPSA) is 84.4 Å². The number of aromatic nitrogens is 2. The van der Waals surface area contributed by atoms with Gasteiger partial charge in [0.25, 0.3) is 12.3 Å². The molecule has 0 aromatic carbocycles. The van der Waals surface area contributed by atoms with Crippen molar-refractivity contribution < 1.29 is 27.5 Å². The Morgan fingerprint density at radius 3 is 2.68 bits per heavy atom. The summed E-state index contributed by atoms with van der Waals surface area (Å²) in [5.74, 6) is -2.02. The van der Waals surface area contributed by atoms with Gasteiger partial charge in [0.1, 0.15) is 23.1 Å². The van der Waals surface area contributed by atoms with Crippen LogP contribution in [0.2, 0.25) is 5.15 Å². The molecule has 164 valence electrons. The predicted molar refractivity (Wildman–Crippen MR) is 106 cm³/mol. The smallest absolute Gasteiger partial charge is 0.269 e. The number of hydrogen-bond acceptors (Lipinski definition) is 5. The molecule has 3 heterocycles. The van der Waals surface area contributed by atoms with Crippen LogP contribution in [-0.4, -0.2) is 59.3 Å². The van der Waals surface area contributed by atoms with Crippen molar-refractivity contribution in [1.29, 1.82) is 0 Å². The van der Waals surface area contributed by atoms with E-state index in [1.54, 1.807) is 0 Å². The molecular formula is C20H18ClF3N4O3. The second kappa shape index (κ2) is 9.44. The monoisotopic (exact) mass is 454 g/mol. The lowest BCUT2D eigenvalue weighted by atomic mass is 10.0. The van der Waals surface area contributed by atoms with Crippen LogP contribution in [0.4, 0.5) is 13.2 Å². The van der Waals surface area contributed by atoms with Crippen LogP contribution in [0, 0.1) is 5.95 Å². The Labute approximate surface area is 180 Å². The summed E-state index contributed by atoms with van der Waals surface area (Å²) in [4.78, 5) is 32.7. The van der Waals surface area contributed by atoms with Crippen LogP contribution in [0.15, 0.2) is 36.9 Å². The maximum Gasteiger partial charge on any atom is 0.269 e. The van der Waals surface area contributed by atoms with E-state index in [4.69, 9.17) is 16.3 Å². The molecule has 0 unspecified atom stereocenters. The number of pyridine rings is 2. The lowest BCUT2D eigenvalue weighted by Crippen LogP contribution is -2.48. The number of morpholine rings is 1. The van der Waals surface area contributed by atoms with Crippen LogP contribution < -0.4 is 5.32 Å². The van der Waals surface area contributed by atoms with Crippen LogP contribution in [0.1, 0.15) is 22.2 Å². The molecule has 0 saturated carbocycles. The Morgan fingerprint density at radius 1 is 1.29 bits per heavy atom. The minimum Gasteiger partial charge on any atom is -0.361 e. The summed E-state index contributed by atoms with van der Waals surface area (Å²) in [5.41, 5.74) is 0.574. The second-order valence-electron chi connectivity index (χ2n) is 6.70. The fourth-order valence-electron chi connectivity index (χ4n) is 3.16. The molecule has 2 aromatic heterocycles. The van der Waals surface area contributed by atoms with Gasteiger partial charge in [-0.3, -0.25) is 9.59 Å². The standard InChI is InChI=1S/C20H18ClF3N4O3/c1-3-18(29)28-8-14(31-15(9-28)19(23)24)11-5-12(26-16(21)6-11)10-4-13(20(30)25-2)27-17(22)7-10/h3-7,14-15,19H,1,8-9H2,2H3,(H,25,30)/t14-,15-/m0/s1. The highest BCUT2D eigenvalue weighted by molar-refractivity contribution is 6.29. The Morgan fingerprint density at radius 2 is 2.03 bits per heavy atom. The molecule has 0 bridgehead atoms. The molecule has 1 saturated heterocycles. The van der Waals surface area contributed by atoms with Crippen molar-refractivity contribution in [2.24, 2.45) is 0 Å². The van der Waals surface area contributed by atoms with Crippen LogP contribution in [0.5, 0.6) is 0 Å². The van der Waals surface area contributed by atoms with E-state index in [9.17, 15) is 22.8 Å². The average molecular weight is 455 g/mol. The predicted octanol–water partition coefficient (Wildman–Crippen LogP) is 3.02. The first-order valence-corrected chi connectivity index (χ1v) is 9.52. The van der Waals surface area contributed by atoms with E-state index in [0.29, 0.717) is 5.56 Å². The molecule has 31 heavy (non-hydrogen) atoms. The number of carbonyl (C=O) groups excluding carboxylic acids is 2. The van der Waals surface area contributed by atoms with Crippen molar-refractivity contribution in [2.75, 3.05) is 20.1 Å². The molecule has 2 amide bonds. The molecule has 1 aliphatic heterocycles. The van der Waals surface area contributed by atoms with Gasteiger partial charge in [-0.15, -0.1) is 0 Å². The third-order valence-corrected chi connectivity index (χ3v) is 4.82. The van der Waals surface area contributed by atoms with Gasteiger partial charge in [0.15, 0.2) is 0 Å². The molecule has 2 atom stereocenters. The van der Waals surface area contributed by atoms with E-state index in [0.717, 1.165) is 12.1 Å². The van der Waals surface area contributed by atoms with Crippen molar-refractivity contribution in [3.63, 3.8) is 0 Å². The number of rotatable bonds is 5. The van der Waals surface area contributed by atoms with Gasteiger partial charge in [0, 0.05) is 18.7 Å². The molecule has 2 aromatic rings. The van der Waals surface area contributed by atoms with Crippen molar-refractivity contribution in [1.82, 2.24) is 20.2 Å². The van der Waals surface area contributed by atoms with Crippen molar-refractivity contribution in [2.45, 2.75) is 18.6 Å². The molecule has 0 spiro atoms. The maximum absolute atomic E-state index is 14.0. The van der Waals surface area contributed by atoms with Crippen LogP contribution in [-0.2, 0) is 9.53 Å². The van der Waals surface area contributed by atoms with Crippen molar-refractivity contribution in [3.8, 4) is 11.3 Å². The second-order valence-corrected chi connectivity index (χ2v) is 7.08. The van der Waals surface area contributed by atoms with Gasteiger partial charge in [-0.05, 0) is 29.8 Å². The van der Waals surface area contributed by atoms with Crippen LogP contribution >= 0.6 is 11.6 Å². The van der Waals surface area contributed by atoms with E-state index in [-0.39, 0.29) is 35.2 Å². The van der Waals surface area contributed by atoms with Crippen LogP contribution in [0.25, 0.3) is 11.3 Å². The average Bonchev–Trinajstić information content (AvgIpc) is 2.76. The number of amides is 2. The molecule has 1 aliphatic rings. The van der Waals surface area contributed by atoms with E-state index in [1.807, 2.05) is 0 Å². The van der Waals surface area contributed by atoms with Crippen molar-refractivity contribution in [3.05, 3.63) is 59.3 Å². The molecule has 0 aliphatic carbocycles. The van der Waals surface area contributed by atoms with E-state index in [2.05, 4.69) is 21.9 Å². The van der Waals surface area contributed by atoms with Crippen LogP contribution in [0.3, 0.4) is 0 Å². The van der Waals surface area contributed by atoms with E-state index < -0.39 is 36.4 Å². The SMILES string of the molecule is C=CC(=O)N1C[C@@H](c2cc(Cl)nc(-c3cc(F)nc(C(=O)NC)c3)c2)O[C@H](C(F)F)C1. The summed E-state index contributed by atoms with van der Waals surface area (Å²) >= 11 is 6.11. The summed E-state index contributed by atoms with van der Waals surface area (Å²) < 4.78 is 46.2. The summed E-state index contributed by atoms with van der Waals surface area (Å²) in [7, 11) is 1.38. The first-order valence-electron chi connectivity index (χ1n) is 9.14. The number of hydrogen-bond donors (Lipinski definition) is 1. The lowest BCUT2D eigenvalue weighted by molar-refractivity contribution is -0.159. The minimum absolute atomic E-state index is 0.00409. The number of halogens is 4. The van der Waals surface area contributed by atoms with Gasteiger partial charge >= 0.3 is 0 Å². The van der Waals surface area contributed by atoms with E-state index in [1.165, 1.54) is 30.1 Å². The summed E-state index contributed by atoms with van der Waals surface area (Å²) in [6.07, 6.45) is -4.21. The fraction of sp³-hybridized carbons (Fsp3) is 0.300. The first kappa shape index (κ1) is 22.7. The highest BCUT2D eigenvalue weighted by Crippen LogP contribution is 2.32. The highest BCUT2D eigenvalue weighted by Gasteiger charge is 2.36. The third-order valence-electron chi connectivity index (χ3n) is 4.63.